The first-order valence-corrected chi connectivity index (χ1v) is 10.1. The summed E-state index contributed by atoms with van der Waals surface area (Å²) in [5, 5.41) is 6.77. The van der Waals surface area contributed by atoms with E-state index in [-0.39, 0.29) is 5.91 Å². The molecule has 0 bridgehead atoms. The van der Waals surface area contributed by atoms with E-state index >= 15 is 0 Å². The molecule has 2 aromatic rings. The first kappa shape index (κ1) is 16.0. The Balaban J connectivity index is 1.89. The monoisotopic (exact) mass is 350 g/mol. The van der Waals surface area contributed by atoms with Crippen molar-refractivity contribution in [3.8, 4) is 0 Å². The highest BCUT2D eigenvalue weighted by molar-refractivity contribution is 7.92. The number of sulfonamides is 1. The highest BCUT2D eigenvalue weighted by atomic mass is 32.2. The van der Waals surface area contributed by atoms with Crippen molar-refractivity contribution in [1.82, 2.24) is 0 Å². The summed E-state index contributed by atoms with van der Waals surface area (Å²) in [6, 6.07) is 5.20. The van der Waals surface area contributed by atoms with Crippen LogP contribution in [0, 0.1) is 6.92 Å². The van der Waals surface area contributed by atoms with E-state index in [1.165, 1.54) is 10.6 Å². The fraction of sp³-hybridized carbons (Fsp3) is 0.312. The minimum absolute atomic E-state index is 0.175. The maximum atomic E-state index is 12.4. The Morgan fingerprint density at radius 1 is 1.30 bits per heavy atom. The number of fused-ring (bicyclic) bond motifs is 1. The molecule has 0 saturated carbocycles. The van der Waals surface area contributed by atoms with Crippen molar-refractivity contribution in [2.45, 2.75) is 19.8 Å². The van der Waals surface area contributed by atoms with Gasteiger partial charge in [0.05, 0.1) is 17.6 Å². The fourth-order valence-electron chi connectivity index (χ4n) is 2.73. The Morgan fingerprint density at radius 2 is 2.09 bits per heavy atom. The number of nitrogens with zero attached hydrogens (tertiary/aromatic N) is 1. The van der Waals surface area contributed by atoms with Crippen LogP contribution in [0.5, 0.6) is 0 Å². The van der Waals surface area contributed by atoms with E-state index in [9.17, 15) is 13.2 Å². The molecule has 1 aliphatic rings. The van der Waals surface area contributed by atoms with Gasteiger partial charge in [-0.3, -0.25) is 9.10 Å². The smallest absolute Gasteiger partial charge is 0.255 e. The number of anilines is 2. The molecular formula is C16H18N2O3S2. The first-order valence-electron chi connectivity index (χ1n) is 7.31. The summed E-state index contributed by atoms with van der Waals surface area (Å²) in [5.74, 6) is -0.175. The third-order valence-corrected chi connectivity index (χ3v) is 5.96. The van der Waals surface area contributed by atoms with Crippen molar-refractivity contribution in [2.75, 3.05) is 22.4 Å². The molecule has 0 radical (unpaired) electrons. The average molecular weight is 350 g/mol. The van der Waals surface area contributed by atoms with Gasteiger partial charge in [0.2, 0.25) is 10.0 Å². The second kappa shape index (κ2) is 5.98. The predicted molar refractivity (Wildman–Crippen MR) is 94.0 cm³/mol. The minimum atomic E-state index is -3.28. The molecule has 0 saturated heterocycles. The van der Waals surface area contributed by atoms with Crippen LogP contribution in [-0.4, -0.2) is 27.1 Å². The molecule has 0 unspecified atom stereocenters. The van der Waals surface area contributed by atoms with Crippen LogP contribution in [0.3, 0.4) is 0 Å². The average Bonchev–Trinajstić information content (AvgIpc) is 2.90. The van der Waals surface area contributed by atoms with Gasteiger partial charge in [0.15, 0.2) is 0 Å². The quantitative estimate of drug-likeness (QED) is 0.925. The Bertz CT molecular complexity index is 856. The van der Waals surface area contributed by atoms with Crippen molar-refractivity contribution in [1.29, 1.82) is 0 Å². The lowest BCUT2D eigenvalue weighted by Gasteiger charge is -2.29. The lowest BCUT2D eigenvalue weighted by Crippen LogP contribution is -2.34. The summed E-state index contributed by atoms with van der Waals surface area (Å²) >= 11 is 1.54. The highest BCUT2D eigenvalue weighted by Crippen LogP contribution is 2.30. The Labute approximate surface area is 140 Å². The molecule has 7 heteroatoms. The zero-order valence-electron chi connectivity index (χ0n) is 13.0. The minimum Gasteiger partial charge on any atom is -0.321 e. The molecule has 1 aromatic heterocycles. The number of rotatable bonds is 3. The van der Waals surface area contributed by atoms with Gasteiger partial charge in [-0.1, -0.05) is 0 Å². The highest BCUT2D eigenvalue weighted by Gasteiger charge is 2.24. The number of benzene rings is 1. The third-order valence-electron chi connectivity index (χ3n) is 3.92. The first-order chi connectivity index (χ1) is 10.9. The third kappa shape index (κ3) is 3.25. The van der Waals surface area contributed by atoms with Gasteiger partial charge in [0, 0.05) is 17.5 Å². The van der Waals surface area contributed by atoms with Crippen LogP contribution in [-0.2, 0) is 16.4 Å². The second-order valence-corrected chi connectivity index (χ2v) is 8.36. The lowest BCUT2D eigenvalue weighted by molar-refractivity contribution is 0.102. The number of aryl methyl sites for hydroxylation is 2. The SMILES string of the molecule is Cc1cscc1NC(=O)c1ccc2c(c1)CCCN2S(C)(=O)=O. The predicted octanol–water partition coefficient (Wildman–Crippen LogP) is 3.02. The van der Waals surface area contributed by atoms with E-state index in [1.54, 1.807) is 29.5 Å². The second-order valence-electron chi connectivity index (χ2n) is 5.70. The van der Waals surface area contributed by atoms with E-state index in [1.807, 2.05) is 17.7 Å². The fourth-order valence-corrected chi connectivity index (χ4v) is 4.51. The lowest BCUT2D eigenvalue weighted by atomic mass is 10.0. The molecule has 1 aromatic carbocycles. The van der Waals surface area contributed by atoms with E-state index in [2.05, 4.69) is 5.32 Å². The van der Waals surface area contributed by atoms with Crippen LogP contribution in [0.4, 0.5) is 11.4 Å². The summed E-state index contributed by atoms with van der Waals surface area (Å²) in [7, 11) is -3.28. The molecule has 1 amide bonds. The summed E-state index contributed by atoms with van der Waals surface area (Å²) in [4.78, 5) is 12.4. The van der Waals surface area contributed by atoms with Gasteiger partial charge >= 0.3 is 0 Å². The van der Waals surface area contributed by atoms with E-state index < -0.39 is 10.0 Å². The zero-order valence-corrected chi connectivity index (χ0v) is 14.6. The number of carbonyl (C=O) groups is 1. The molecule has 0 fully saturated rings. The van der Waals surface area contributed by atoms with Crippen LogP contribution in [0.1, 0.15) is 27.9 Å². The Kier molecular flexibility index (Phi) is 4.16. The number of thiophene rings is 1. The molecular weight excluding hydrogens is 332 g/mol. The largest absolute Gasteiger partial charge is 0.321 e. The van der Waals surface area contributed by atoms with E-state index in [4.69, 9.17) is 0 Å². The van der Waals surface area contributed by atoms with E-state index in [0.29, 0.717) is 17.8 Å². The number of carbonyl (C=O) groups excluding carboxylic acids is 1. The van der Waals surface area contributed by atoms with Crippen LogP contribution in [0.15, 0.2) is 29.0 Å². The van der Waals surface area contributed by atoms with Crippen molar-refractivity contribution >= 4 is 38.6 Å². The van der Waals surface area contributed by atoms with Gasteiger partial charge in [0.1, 0.15) is 0 Å². The number of hydrogen-bond donors (Lipinski definition) is 1. The van der Waals surface area contributed by atoms with Crippen molar-refractivity contribution in [3.05, 3.63) is 45.6 Å². The van der Waals surface area contributed by atoms with Crippen LogP contribution >= 0.6 is 11.3 Å². The normalized spacial score (nSPS) is 14.4. The molecule has 0 atom stereocenters. The van der Waals surface area contributed by atoms with Gasteiger partial charge in [-0.2, -0.15) is 0 Å². The molecule has 1 aliphatic heterocycles. The Hall–Kier alpha value is -1.86. The Morgan fingerprint density at radius 3 is 2.74 bits per heavy atom. The molecule has 23 heavy (non-hydrogen) atoms. The topological polar surface area (TPSA) is 66.5 Å². The molecule has 122 valence electrons. The summed E-state index contributed by atoms with van der Waals surface area (Å²) in [5.41, 5.74) is 3.98. The maximum Gasteiger partial charge on any atom is 0.255 e. The summed E-state index contributed by atoms with van der Waals surface area (Å²) < 4.78 is 25.1. The van der Waals surface area contributed by atoms with Gasteiger partial charge in [-0.25, -0.2) is 8.42 Å². The van der Waals surface area contributed by atoms with Crippen LogP contribution in [0.25, 0.3) is 0 Å². The summed E-state index contributed by atoms with van der Waals surface area (Å²) in [6.45, 7) is 2.44. The standard InChI is InChI=1S/C16H18N2O3S2/c1-11-9-22-10-14(11)17-16(19)13-5-6-15-12(8-13)4-3-7-18(15)23(2,20)21/h5-6,8-10H,3-4,7H2,1-2H3,(H,17,19). The van der Waals surface area contributed by atoms with Crippen molar-refractivity contribution < 1.29 is 13.2 Å². The van der Waals surface area contributed by atoms with Gasteiger partial charge < -0.3 is 5.32 Å². The molecule has 1 N–H and O–H groups in total. The molecule has 3 rings (SSSR count). The molecule has 2 heterocycles. The summed E-state index contributed by atoms with van der Waals surface area (Å²) in [6.07, 6.45) is 2.75. The molecule has 0 aliphatic carbocycles. The number of amides is 1. The van der Waals surface area contributed by atoms with Crippen LogP contribution in [0.2, 0.25) is 0 Å². The van der Waals surface area contributed by atoms with Gasteiger partial charge in [0.25, 0.3) is 5.91 Å². The molecule has 5 nitrogen and oxygen atoms in total. The van der Waals surface area contributed by atoms with Gasteiger partial charge in [-0.15, -0.1) is 11.3 Å². The van der Waals surface area contributed by atoms with Crippen LogP contribution < -0.4 is 9.62 Å². The van der Waals surface area contributed by atoms with Crippen molar-refractivity contribution in [2.24, 2.45) is 0 Å². The number of nitrogens with one attached hydrogen (secondary N) is 1. The molecule has 0 spiro atoms. The van der Waals surface area contributed by atoms with E-state index in [0.717, 1.165) is 29.7 Å². The van der Waals surface area contributed by atoms with Gasteiger partial charge in [-0.05, 0) is 54.5 Å². The maximum absolute atomic E-state index is 12.4. The van der Waals surface area contributed by atoms with Crippen molar-refractivity contribution in [3.63, 3.8) is 0 Å². The number of hydrogen-bond acceptors (Lipinski definition) is 4. The zero-order chi connectivity index (χ0) is 16.6.